The Hall–Kier alpha value is -2.05. The first-order chi connectivity index (χ1) is 13.2. The molecule has 1 N–H and O–H groups in total. The zero-order valence-electron chi connectivity index (χ0n) is 16.5. The number of aryl methyl sites for hydroxylation is 2. The minimum absolute atomic E-state index is 0.427. The van der Waals surface area contributed by atoms with Crippen molar-refractivity contribution in [3.8, 4) is 0 Å². The number of pyridine rings is 1. The van der Waals surface area contributed by atoms with Crippen LogP contribution in [0, 0.1) is 6.92 Å². The molecule has 4 rings (SSSR count). The molecule has 2 aliphatic heterocycles. The highest BCUT2D eigenvalue weighted by molar-refractivity contribution is 5.49. The Balaban J connectivity index is 1.37. The Kier molecular flexibility index (Phi) is 5.64. The number of nitrogens with one attached hydrogen (secondary N) is 1. The number of nitrogens with zero attached hydrogens (tertiary/aromatic N) is 5. The van der Waals surface area contributed by atoms with Gasteiger partial charge < -0.3 is 10.2 Å². The molecule has 0 bridgehead atoms. The summed E-state index contributed by atoms with van der Waals surface area (Å²) >= 11 is 0. The van der Waals surface area contributed by atoms with Gasteiger partial charge in [0, 0.05) is 74.5 Å². The molecule has 4 heterocycles. The summed E-state index contributed by atoms with van der Waals surface area (Å²) in [6.07, 6.45) is 7.29. The fourth-order valence-electron chi connectivity index (χ4n) is 4.04. The van der Waals surface area contributed by atoms with Crippen molar-refractivity contribution in [3.63, 3.8) is 0 Å². The number of rotatable bonds is 5. The van der Waals surface area contributed by atoms with Crippen LogP contribution in [0.2, 0.25) is 0 Å². The van der Waals surface area contributed by atoms with E-state index >= 15 is 0 Å². The molecule has 2 aliphatic rings. The predicted octanol–water partition coefficient (Wildman–Crippen LogP) is 2.49. The lowest BCUT2D eigenvalue weighted by molar-refractivity contribution is 0.249. The summed E-state index contributed by atoms with van der Waals surface area (Å²) in [5.74, 6) is 0.921. The summed E-state index contributed by atoms with van der Waals surface area (Å²) in [5.41, 5.74) is 4.85. The van der Waals surface area contributed by atoms with Gasteiger partial charge in [-0.15, -0.1) is 0 Å². The Labute approximate surface area is 162 Å². The first-order valence-electron chi connectivity index (χ1n) is 10.2. The summed E-state index contributed by atoms with van der Waals surface area (Å²) in [6, 6.07) is 4.95. The van der Waals surface area contributed by atoms with Crippen LogP contribution in [0.1, 0.15) is 48.6 Å². The largest absolute Gasteiger partial charge is 0.369 e. The van der Waals surface area contributed by atoms with E-state index in [0.717, 1.165) is 57.2 Å². The molecular weight excluding hydrogens is 336 g/mol. The topological polar surface area (TPSA) is 57.2 Å². The number of anilines is 1. The van der Waals surface area contributed by atoms with Crippen molar-refractivity contribution in [2.45, 2.75) is 45.7 Å². The lowest BCUT2D eigenvalue weighted by atomic mass is 10.1. The average molecular weight is 367 g/mol. The zero-order valence-corrected chi connectivity index (χ0v) is 16.5. The van der Waals surface area contributed by atoms with Crippen molar-refractivity contribution in [3.05, 3.63) is 47.3 Å². The molecular formula is C21H30N6. The highest BCUT2D eigenvalue weighted by atomic mass is 15.3. The van der Waals surface area contributed by atoms with E-state index in [-0.39, 0.29) is 0 Å². The van der Waals surface area contributed by atoms with Crippen LogP contribution >= 0.6 is 0 Å². The van der Waals surface area contributed by atoms with Gasteiger partial charge in [0.15, 0.2) is 0 Å². The molecule has 6 nitrogen and oxygen atoms in total. The third-order valence-corrected chi connectivity index (χ3v) is 5.59. The third kappa shape index (κ3) is 4.45. The lowest BCUT2D eigenvalue weighted by Gasteiger charge is -2.36. The van der Waals surface area contributed by atoms with Crippen LogP contribution in [0.25, 0.3) is 0 Å². The van der Waals surface area contributed by atoms with Gasteiger partial charge in [-0.1, -0.05) is 6.92 Å². The molecule has 0 spiro atoms. The second kappa shape index (κ2) is 8.31. The van der Waals surface area contributed by atoms with Gasteiger partial charge in [0.05, 0.1) is 5.69 Å². The van der Waals surface area contributed by atoms with Crippen molar-refractivity contribution >= 4 is 5.69 Å². The van der Waals surface area contributed by atoms with Crippen LogP contribution in [0.4, 0.5) is 5.69 Å². The van der Waals surface area contributed by atoms with E-state index in [1.54, 1.807) is 0 Å². The molecule has 0 aliphatic carbocycles. The van der Waals surface area contributed by atoms with Gasteiger partial charge in [0.2, 0.25) is 0 Å². The molecule has 0 radical (unpaired) electrons. The third-order valence-electron chi connectivity index (χ3n) is 5.59. The fraction of sp³-hybridized carbons (Fsp3) is 0.571. The maximum Gasteiger partial charge on any atom is 0.127 e. The van der Waals surface area contributed by atoms with Crippen molar-refractivity contribution in [2.75, 3.05) is 37.6 Å². The van der Waals surface area contributed by atoms with Crippen molar-refractivity contribution in [1.82, 2.24) is 25.2 Å². The maximum atomic E-state index is 4.78. The van der Waals surface area contributed by atoms with E-state index in [0.29, 0.717) is 6.04 Å². The van der Waals surface area contributed by atoms with Gasteiger partial charge in [0.25, 0.3) is 0 Å². The first-order valence-corrected chi connectivity index (χ1v) is 10.2. The van der Waals surface area contributed by atoms with Gasteiger partial charge in [-0.3, -0.25) is 9.88 Å². The van der Waals surface area contributed by atoms with Gasteiger partial charge in [0.1, 0.15) is 5.82 Å². The van der Waals surface area contributed by atoms with E-state index < -0.39 is 0 Å². The summed E-state index contributed by atoms with van der Waals surface area (Å²) in [7, 11) is 0. The van der Waals surface area contributed by atoms with E-state index in [1.165, 1.54) is 29.8 Å². The molecule has 144 valence electrons. The van der Waals surface area contributed by atoms with E-state index in [9.17, 15) is 0 Å². The van der Waals surface area contributed by atoms with Crippen molar-refractivity contribution in [2.24, 2.45) is 0 Å². The second-order valence-corrected chi connectivity index (χ2v) is 7.66. The van der Waals surface area contributed by atoms with Crippen LogP contribution in [-0.2, 0) is 13.0 Å². The van der Waals surface area contributed by atoms with E-state index in [1.807, 2.05) is 12.4 Å². The molecule has 2 aromatic heterocycles. The Morgan fingerprint density at radius 3 is 2.56 bits per heavy atom. The molecule has 2 saturated heterocycles. The highest BCUT2D eigenvalue weighted by Gasteiger charge is 2.22. The van der Waals surface area contributed by atoms with Gasteiger partial charge in [-0.05, 0) is 38.4 Å². The lowest BCUT2D eigenvalue weighted by Crippen LogP contribution is -2.46. The molecule has 0 unspecified atom stereocenters. The molecule has 2 aromatic rings. The highest BCUT2D eigenvalue weighted by Crippen LogP contribution is 2.26. The molecule has 6 heteroatoms. The summed E-state index contributed by atoms with van der Waals surface area (Å²) in [4.78, 5) is 18.6. The van der Waals surface area contributed by atoms with E-state index in [4.69, 9.17) is 4.98 Å². The minimum Gasteiger partial charge on any atom is -0.369 e. The fourth-order valence-corrected chi connectivity index (χ4v) is 4.04. The molecule has 0 saturated carbocycles. The van der Waals surface area contributed by atoms with Crippen LogP contribution in [-0.4, -0.2) is 52.6 Å². The standard InChI is InChI=1S/C21H30N6/c1-3-21-23-13-17(14-24-21)15-26-7-9-27(10-8-26)18-11-16(2)25-20(12-18)19-5-4-6-22-19/h11-14,19,22H,3-10,15H2,1-2H3/t19-/m1/s1. The monoisotopic (exact) mass is 366 g/mol. The molecule has 1 atom stereocenters. The average Bonchev–Trinajstić information content (AvgIpc) is 3.24. The van der Waals surface area contributed by atoms with Crippen LogP contribution in [0.5, 0.6) is 0 Å². The summed E-state index contributed by atoms with van der Waals surface area (Å²) in [5, 5.41) is 3.57. The van der Waals surface area contributed by atoms with Crippen LogP contribution < -0.4 is 10.2 Å². The van der Waals surface area contributed by atoms with Crippen molar-refractivity contribution in [1.29, 1.82) is 0 Å². The van der Waals surface area contributed by atoms with Gasteiger partial charge >= 0.3 is 0 Å². The van der Waals surface area contributed by atoms with Crippen molar-refractivity contribution < 1.29 is 0 Å². The number of hydrogen-bond donors (Lipinski definition) is 1. The first kappa shape index (κ1) is 18.3. The Bertz CT molecular complexity index is 746. The predicted molar refractivity (Wildman–Crippen MR) is 108 cm³/mol. The normalized spacial score (nSPS) is 21.0. The Morgan fingerprint density at radius 2 is 1.89 bits per heavy atom. The summed E-state index contributed by atoms with van der Waals surface area (Å²) < 4.78 is 0. The minimum atomic E-state index is 0.427. The van der Waals surface area contributed by atoms with Gasteiger partial charge in [-0.2, -0.15) is 0 Å². The summed E-state index contributed by atoms with van der Waals surface area (Å²) in [6.45, 7) is 10.5. The maximum absolute atomic E-state index is 4.78. The molecule has 0 amide bonds. The number of aromatic nitrogens is 3. The number of piperazine rings is 1. The smallest absolute Gasteiger partial charge is 0.127 e. The quantitative estimate of drug-likeness (QED) is 0.877. The van der Waals surface area contributed by atoms with Gasteiger partial charge in [-0.25, -0.2) is 9.97 Å². The molecule has 0 aromatic carbocycles. The van der Waals surface area contributed by atoms with E-state index in [2.05, 4.69) is 51.1 Å². The zero-order chi connectivity index (χ0) is 18.6. The van der Waals surface area contributed by atoms with Crippen LogP contribution in [0.3, 0.4) is 0 Å². The second-order valence-electron chi connectivity index (χ2n) is 7.66. The molecule has 27 heavy (non-hydrogen) atoms. The Morgan fingerprint density at radius 1 is 1.11 bits per heavy atom. The van der Waals surface area contributed by atoms with Crippen LogP contribution in [0.15, 0.2) is 24.5 Å². The SMILES string of the molecule is CCc1ncc(CN2CCN(c3cc(C)nc([C@H]4CCCN4)c3)CC2)cn1. The number of hydrogen-bond acceptors (Lipinski definition) is 6. The molecule has 2 fully saturated rings.